The van der Waals surface area contributed by atoms with E-state index in [0.717, 1.165) is 12.1 Å². The van der Waals surface area contributed by atoms with E-state index in [2.05, 4.69) is 0 Å². The van der Waals surface area contributed by atoms with Gasteiger partial charge in [0.2, 0.25) is 0 Å². The molecule has 0 unspecified atom stereocenters. The Labute approximate surface area is 163 Å². The number of hydrogen-bond donors (Lipinski definition) is 0. The molecule has 0 atom stereocenters. The van der Waals surface area contributed by atoms with Crippen molar-refractivity contribution >= 4 is 22.3 Å². The summed E-state index contributed by atoms with van der Waals surface area (Å²) < 4.78 is 78.9. The van der Waals surface area contributed by atoms with E-state index in [-0.39, 0.29) is 51.4 Å². The van der Waals surface area contributed by atoms with Crippen LogP contribution < -0.4 is 61.6 Å². The Balaban J connectivity index is 0.00000400. The van der Waals surface area contributed by atoms with E-state index in [1.165, 1.54) is 13.8 Å². The maximum atomic E-state index is 12.9. The SMILES string of the molecule is CC(C)S(=O)(=O)CCOc1ccc(F)cc1[B-](F)(F)F.[K+]. The first-order chi connectivity index (χ1) is 9.04. The molecule has 0 amide bonds. The van der Waals surface area contributed by atoms with Crippen LogP contribution in [0.3, 0.4) is 0 Å². The third-order valence-corrected chi connectivity index (χ3v) is 4.84. The van der Waals surface area contributed by atoms with Gasteiger partial charge in [0.1, 0.15) is 12.4 Å². The zero-order chi connectivity index (χ0) is 15.6. The predicted molar refractivity (Wildman–Crippen MR) is 69.5 cm³/mol. The molecule has 0 saturated heterocycles. The minimum atomic E-state index is -5.43. The van der Waals surface area contributed by atoms with Crippen molar-refractivity contribution in [2.24, 2.45) is 0 Å². The quantitative estimate of drug-likeness (QED) is 0.492. The molecule has 1 aromatic carbocycles. The second kappa shape index (κ2) is 8.30. The number of benzene rings is 1. The van der Waals surface area contributed by atoms with Crippen LogP contribution in [0.2, 0.25) is 0 Å². The fraction of sp³-hybridized carbons (Fsp3) is 0.455. The second-order valence-corrected chi connectivity index (χ2v) is 7.20. The summed E-state index contributed by atoms with van der Waals surface area (Å²) >= 11 is 0. The molecule has 1 aromatic rings. The van der Waals surface area contributed by atoms with Crippen LogP contribution in [-0.2, 0) is 9.84 Å². The summed E-state index contributed by atoms with van der Waals surface area (Å²) in [6.45, 7) is -2.90. The van der Waals surface area contributed by atoms with E-state index >= 15 is 0 Å². The first kappa shape index (κ1) is 21.4. The molecule has 21 heavy (non-hydrogen) atoms. The van der Waals surface area contributed by atoms with E-state index in [9.17, 15) is 25.8 Å². The average Bonchev–Trinajstić information content (AvgIpc) is 2.29. The van der Waals surface area contributed by atoms with Crippen molar-refractivity contribution in [1.29, 1.82) is 0 Å². The van der Waals surface area contributed by atoms with E-state index in [1.54, 1.807) is 0 Å². The average molecular weight is 352 g/mol. The van der Waals surface area contributed by atoms with Gasteiger partial charge in [0, 0.05) is 0 Å². The number of rotatable bonds is 6. The molecule has 0 aliphatic carbocycles. The maximum Gasteiger partial charge on any atom is 1.00 e. The summed E-state index contributed by atoms with van der Waals surface area (Å²) in [7, 11) is -3.40. The minimum absolute atomic E-state index is 0. The maximum absolute atomic E-state index is 12.9. The Morgan fingerprint density at radius 3 is 2.29 bits per heavy atom. The molecule has 0 fully saturated rings. The molecule has 0 radical (unpaired) electrons. The molecule has 1 rings (SSSR count). The van der Waals surface area contributed by atoms with Crippen LogP contribution in [-0.4, -0.2) is 33.0 Å². The van der Waals surface area contributed by atoms with Gasteiger partial charge >= 0.3 is 58.4 Å². The van der Waals surface area contributed by atoms with Gasteiger partial charge in [-0.15, -0.1) is 0 Å². The van der Waals surface area contributed by atoms with Crippen molar-refractivity contribution in [2.45, 2.75) is 19.1 Å². The molecule has 0 spiro atoms. The van der Waals surface area contributed by atoms with Gasteiger partial charge in [-0.3, -0.25) is 0 Å². The van der Waals surface area contributed by atoms with Gasteiger partial charge in [0.15, 0.2) is 9.84 Å². The molecule has 0 N–H and O–H groups in total. The molecular formula is C11H14BF4KO3S. The van der Waals surface area contributed by atoms with Crippen LogP contribution in [0.4, 0.5) is 17.3 Å². The molecule has 0 heterocycles. The summed E-state index contributed by atoms with van der Waals surface area (Å²) in [4.78, 5) is 0. The number of halogens is 4. The van der Waals surface area contributed by atoms with E-state index in [0.29, 0.717) is 6.07 Å². The summed E-state index contributed by atoms with van der Waals surface area (Å²) in [5.41, 5.74) is -1.20. The Morgan fingerprint density at radius 1 is 1.24 bits per heavy atom. The molecule has 114 valence electrons. The normalized spacial score (nSPS) is 12.1. The number of ether oxygens (including phenoxy) is 1. The smallest absolute Gasteiger partial charge is 0.496 e. The van der Waals surface area contributed by atoms with Crippen LogP contribution in [0.15, 0.2) is 18.2 Å². The monoisotopic (exact) mass is 352 g/mol. The van der Waals surface area contributed by atoms with Gasteiger partial charge in [0.25, 0.3) is 0 Å². The van der Waals surface area contributed by atoms with Crippen LogP contribution in [0.25, 0.3) is 0 Å². The zero-order valence-electron chi connectivity index (χ0n) is 11.9. The Kier molecular flexibility index (Phi) is 8.46. The summed E-state index contributed by atoms with van der Waals surface area (Å²) in [5.74, 6) is -1.98. The Hall–Kier alpha value is 0.391. The van der Waals surface area contributed by atoms with E-state index in [4.69, 9.17) is 4.74 Å². The van der Waals surface area contributed by atoms with Crippen molar-refractivity contribution in [3.05, 3.63) is 24.0 Å². The Bertz CT molecular complexity index is 575. The largest absolute Gasteiger partial charge is 1.00 e. The van der Waals surface area contributed by atoms with Crippen LogP contribution >= 0.6 is 0 Å². The van der Waals surface area contributed by atoms with Crippen molar-refractivity contribution in [2.75, 3.05) is 12.4 Å². The van der Waals surface area contributed by atoms with Crippen molar-refractivity contribution in [3.8, 4) is 5.75 Å². The topological polar surface area (TPSA) is 43.4 Å². The molecular weight excluding hydrogens is 338 g/mol. The minimum Gasteiger partial charge on any atom is -0.496 e. The van der Waals surface area contributed by atoms with E-state index in [1.807, 2.05) is 0 Å². The fourth-order valence-electron chi connectivity index (χ4n) is 1.41. The van der Waals surface area contributed by atoms with Crippen LogP contribution in [0.5, 0.6) is 5.75 Å². The molecule has 0 aliphatic heterocycles. The van der Waals surface area contributed by atoms with Gasteiger partial charge < -0.3 is 17.7 Å². The van der Waals surface area contributed by atoms with Gasteiger partial charge in [-0.2, -0.15) is 0 Å². The summed E-state index contributed by atoms with van der Waals surface area (Å²) in [6, 6.07) is 2.02. The zero-order valence-corrected chi connectivity index (χ0v) is 15.9. The van der Waals surface area contributed by atoms with Crippen LogP contribution in [0.1, 0.15) is 13.8 Å². The van der Waals surface area contributed by atoms with Gasteiger partial charge in [0.05, 0.1) is 16.8 Å². The number of sulfone groups is 1. The second-order valence-electron chi connectivity index (χ2n) is 4.52. The molecule has 10 heteroatoms. The fourth-order valence-corrected chi connectivity index (χ4v) is 2.20. The van der Waals surface area contributed by atoms with Crippen molar-refractivity contribution in [3.63, 3.8) is 0 Å². The summed E-state index contributed by atoms with van der Waals surface area (Å²) in [5, 5.41) is -0.634. The molecule has 3 nitrogen and oxygen atoms in total. The first-order valence-electron chi connectivity index (χ1n) is 5.88. The standard InChI is InChI=1S/C11H14BF4O3S.K/c1-8(2)20(17,18)6-5-19-11-4-3-9(13)7-10(11)12(14,15)16;/h3-4,7-8H,5-6H2,1-2H3;/q-1;+1. The van der Waals surface area contributed by atoms with E-state index < -0.39 is 51.5 Å². The molecule has 0 aromatic heterocycles. The number of hydrogen-bond acceptors (Lipinski definition) is 3. The molecule has 0 saturated carbocycles. The van der Waals surface area contributed by atoms with Crippen molar-refractivity contribution in [1.82, 2.24) is 0 Å². The third-order valence-electron chi connectivity index (χ3n) is 2.67. The predicted octanol–water partition coefficient (Wildman–Crippen LogP) is -0.914. The molecule has 0 bridgehead atoms. The van der Waals surface area contributed by atoms with Gasteiger partial charge in [-0.05, 0) is 32.0 Å². The first-order valence-corrected chi connectivity index (χ1v) is 7.59. The van der Waals surface area contributed by atoms with Crippen molar-refractivity contribution < 1.29 is 81.9 Å². The molecule has 0 aliphatic rings. The Morgan fingerprint density at radius 2 is 1.81 bits per heavy atom. The van der Waals surface area contributed by atoms with Gasteiger partial charge in [-0.1, -0.05) is 5.46 Å². The van der Waals surface area contributed by atoms with Gasteiger partial charge in [-0.25, -0.2) is 12.8 Å². The summed E-state index contributed by atoms with van der Waals surface area (Å²) in [6.07, 6.45) is 0. The van der Waals surface area contributed by atoms with Crippen LogP contribution in [0, 0.1) is 5.82 Å². The third kappa shape index (κ3) is 6.57.